The number of hydrogen-bond acceptors (Lipinski definition) is 5. The summed E-state index contributed by atoms with van der Waals surface area (Å²) in [5.41, 5.74) is 26.8. The van der Waals surface area contributed by atoms with E-state index in [1.165, 1.54) is 55.3 Å². The first-order valence-electron chi connectivity index (χ1n) is 25.4. The first kappa shape index (κ1) is 44.2. The highest BCUT2D eigenvalue weighted by atomic mass is 16.3. The first-order chi connectivity index (χ1) is 35.6. The third kappa shape index (κ3) is 7.39. The lowest BCUT2D eigenvalue weighted by atomic mass is 9.33. The quantitative estimate of drug-likeness (QED) is 0.141. The highest BCUT2D eigenvalue weighted by Gasteiger charge is 2.46. The summed E-state index contributed by atoms with van der Waals surface area (Å²) in [6.45, 7) is 15.0. The van der Waals surface area contributed by atoms with Crippen molar-refractivity contribution in [2.45, 2.75) is 48.5 Å². The summed E-state index contributed by atoms with van der Waals surface area (Å²) in [6.07, 6.45) is 0. The van der Waals surface area contributed by atoms with Gasteiger partial charge in [0.05, 0.1) is 11.4 Å². The van der Waals surface area contributed by atoms with Crippen LogP contribution in [0.15, 0.2) is 211 Å². The summed E-state index contributed by atoms with van der Waals surface area (Å²) in [4.78, 5) is 9.95. The van der Waals surface area contributed by atoms with E-state index in [4.69, 9.17) is 4.42 Å². The molecule has 1 aromatic heterocycles. The maximum absolute atomic E-state index is 7.30. The maximum Gasteiger partial charge on any atom is 0.252 e. The van der Waals surface area contributed by atoms with Gasteiger partial charge in [0.2, 0.25) is 0 Å². The van der Waals surface area contributed by atoms with Crippen molar-refractivity contribution in [3.8, 4) is 0 Å². The average molecular weight is 943 g/mol. The average Bonchev–Trinajstić information content (AvgIpc) is 3.78. The molecule has 11 aromatic rings. The van der Waals surface area contributed by atoms with Crippen LogP contribution < -0.4 is 36.0 Å². The Balaban J connectivity index is 1.23. The van der Waals surface area contributed by atoms with E-state index in [-0.39, 0.29) is 6.71 Å². The number of aryl methyl sites for hydroxylation is 7. The van der Waals surface area contributed by atoms with Crippen molar-refractivity contribution in [3.05, 3.63) is 245 Å². The van der Waals surface area contributed by atoms with Gasteiger partial charge in [0.1, 0.15) is 11.3 Å². The largest absolute Gasteiger partial charge is 0.454 e. The highest BCUT2D eigenvalue weighted by Crippen LogP contribution is 2.54. The minimum absolute atomic E-state index is 0.172. The standard InChI is InChI=1S/C67H55BN4O/c1-42-12-25-49(26-13-42)69(50-27-14-43(2)15-28-50)55-39-61-64-62(40-55)72(54-35-22-47(6)23-36-54)65-59(68(64)58-38-48(7)24-37-60(58)71(61)53-33-20-46(5)21-34-53)41-57-56-10-8-9-11-63(56)73-67(57)66(65)70(51-29-16-44(3)17-30-51)52-31-18-45(4)19-32-52/h8-41H,1-7H3. The van der Waals surface area contributed by atoms with Gasteiger partial charge in [-0.15, -0.1) is 0 Å². The van der Waals surface area contributed by atoms with Crippen molar-refractivity contribution in [1.82, 2.24) is 0 Å². The Labute approximate surface area is 428 Å². The van der Waals surface area contributed by atoms with Gasteiger partial charge in [0.25, 0.3) is 6.71 Å². The molecule has 0 atom stereocenters. The second-order valence-electron chi connectivity index (χ2n) is 20.4. The zero-order valence-corrected chi connectivity index (χ0v) is 42.4. The van der Waals surface area contributed by atoms with Crippen molar-refractivity contribution in [3.63, 3.8) is 0 Å². The van der Waals surface area contributed by atoms with Crippen LogP contribution in [0.5, 0.6) is 0 Å². The van der Waals surface area contributed by atoms with E-state index in [2.05, 4.69) is 274 Å². The Morgan fingerprint density at radius 1 is 0.356 bits per heavy atom. The molecule has 0 amide bonds. The van der Waals surface area contributed by atoms with Crippen molar-refractivity contribution < 1.29 is 4.42 Å². The Morgan fingerprint density at radius 2 is 0.795 bits per heavy atom. The fraction of sp³-hybridized carbons (Fsp3) is 0.104. The summed E-state index contributed by atoms with van der Waals surface area (Å²) >= 11 is 0. The van der Waals surface area contributed by atoms with Crippen molar-refractivity contribution in [2.24, 2.45) is 0 Å². The molecule has 0 bridgehead atoms. The Morgan fingerprint density at radius 3 is 1.32 bits per heavy atom. The highest BCUT2D eigenvalue weighted by molar-refractivity contribution is 7.00. The smallest absolute Gasteiger partial charge is 0.252 e. The van der Waals surface area contributed by atoms with Crippen LogP contribution in [0.1, 0.15) is 38.9 Å². The molecule has 13 rings (SSSR count). The van der Waals surface area contributed by atoms with Crippen LogP contribution in [0.3, 0.4) is 0 Å². The van der Waals surface area contributed by atoms with Crippen LogP contribution in [0.2, 0.25) is 0 Å². The van der Waals surface area contributed by atoms with Gasteiger partial charge in [-0.25, -0.2) is 0 Å². The van der Waals surface area contributed by atoms with E-state index in [1.807, 2.05) is 0 Å². The fourth-order valence-electron chi connectivity index (χ4n) is 11.3. The monoisotopic (exact) mass is 942 g/mol. The minimum Gasteiger partial charge on any atom is -0.454 e. The molecule has 352 valence electrons. The molecule has 73 heavy (non-hydrogen) atoms. The number of para-hydroxylation sites is 1. The van der Waals surface area contributed by atoms with E-state index in [0.29, 0.717) is 0 Å². The van der Waals surface area contributed by atoms with Gasteiger partial charge < -0.3 is 24.0 Å². The van der Waals surface area contributed by atoms with Crippen LogP contribution in [0.25, 0.3) is 21.9 Å². The van der Waals surface area contributed by atoms with Gasteiger partial charge in [-0.3, -0.25) is 0 Å². The molecule has 0 unspecified atom stereocenters. The zero-order chi connectivity index (χ0) is 49.6. The van der Waals surface area contributed by atoms with Crippen molar-refractivity contribution >= 4 is 113 Å². The maximum atomic E-state index is 7.30. The van der Waals surface area contributed by atoms with E-state index in [1.54, 1.807) is 0 Å². The van der Waals surface area contributed by atoms with E-state index < -0.39 is 0 Å². The first-order valence-corrected chi connectivity index (χ1v) is 25.4. The predicted octanol–water partition coefficient (Wildman–Crippen LogP) is 16.8. The summed E-state index contributed by atoms with van der Waals surface area (Å²) in [5, 5.41) is 2.17. The zero-order valence-electron chi connectivity index (χ0n) is 42.4. The van der Waals surface area contributed by atoms with Crippen LogP contribution in [0.4, 0.5) is 68.2 Å². The molecule has 0 fully saturated rings. The summed E-state index contributed by atoms with van der Waals surface area (Å²) < 4.78 is 7.30. The number of rotatable bonds is 8. The minimum atomic E-state index is -0.172. The van der Waals surface area contributed by atoms with Gasteiger partial charge in [-0.05, 0) is 162 Å². The topological polar surface area (TPSA) is 26.1 Å². The summed E-state index contributed by atoms with van der Waals surface area (Å²) in [5.74, 6) is 0. The molecule has 2 aliphatic rings. The van der Waals surface area contributed by atoms with Gasteiger partial charge in [0, 0.05) is 62.0 Å². The van der Waals surface area contributed by atoms with Crippen LogP contribution in [-0.2, 0) is 0 Å². The third-order valence-electron chi connectivity index (χ3n) is 15.0. The number of nitrogens with zero attached hydrogens (tertiary/aromatic N) is 4. The molecule has 0 saturated carbocycles. The number of fused-ring (bicyclic) bond motifs is 7. The molecular formula is C67H55BN4O. The van der Waals surface area contributed by atoms with Gasteiger partial charge in [0.15, 0.2) is 5.58 Å². The molecule has 0 saturated heterocycles. The molecule has 0 aliphatic carbocycles. The lowest BCUT2D eigenvalue weighted by Crippen LogP contribution is -2.61. The summed E-state index contributed by atoms with van der Waals surface area (Å²) in [7, 11) is 0. The second kappa shape index (κ2) is 17.2. The molecule has 0 N–H and O–H groups in total. The Kier molecular flexibility index (Phi) is 10.4. The number of benzene rings is 10. The lowest BCUT2D eigenvalue weighted by molar-refractivity contribution is 0.669. The normalized spacial score (nSPS) is 12.5. The van der Waals surface area contributed by atoms with E-state index in [0.717, 1.165) is 90.2 Å². The number of anilines is 12. The number of furan rings is 1. The molecule has 0 radical (unpaired) electrons. The van der Waals surface area contributed by atoms with E-state index in [9.17, 15) is 0 Å². The molecule has 2 aliphatic heterocycles. The van der Waals surface area contributed by atoms with Crippen molar-refractivity contribution in [1.29, 1.82) is 0 Å². The molecular weight excluding hydrogens is 888 g/mol. The SMILES string of the molecule is Cc1ccc(N(c2ccc(C)cc2)c2cc3c4c(c2)N(c2ccc(C)cc2)c2c(cc5c(oc6ccccc65)c2N(c2ccc(C)cc2)c2ccc(C)cc2)B4c2cc(C)ccc2N3c2ccc(C)cc2)cc1. The predicted molar refractivity (Wildman–Crippen MR) is 310 cm³/mol. The second-order valence-corrected chi connectivity index (χ2v) is 20.4. The fourth-order valence-corrected chi connectivity index (χ4v) is 11.3. The molecule has 6 heteroatoms. The molecule has 3 heterocycles. The van der Waals surface area contributed by atoms with Crippen LogP contribution >= 0.6 is 0 Å². The van der Waals surface area contributed by atoms with Crippen LogP contribution in [0, 0.1) is 48.5 Å². The molecule has 10 aromatic carbocycles. The van der Waals surface area contributed by atoms with Crippen molar-refractivity contribution in [2.75, 3.05) is 19.6 Å². The van der Waals surface area contributed by atoms with Gasteiger partial charge in [-0.2, -0.15) is 0 Å². The van der Waals surface area contributed by atoms with E-state index >= 15 is 0 Å². The molecule has 0 spiro atoms. The third-order valence-corrected chi connectivity index (χ3v) is 15.0. The summed E-state index contributed by atoms with van der Waals surface area (Å²) in [6, 6.07) is 76.9. The van der Waals surface area contributed by atoms with Gasteiger partial charge in [-0.1, -0.05) is 148 Å². The molecule has 5 nitrogen and oxygen atoms in total. The lowest BCUT2D eigenvalue weighted by Gasteiger charge is -2.46. The Bertz CT molecular complexity index is 3830. The van der Waals surface area contributed by atoms with Crippen LogP contribution in [-0.4, -0.2) is 6.71 Å². The Hall–Kier alpha value is -8.74. The number of hydrogen-bond donors (Lipinski definition) is 0. The van der Waals surface area contributed by atoms with Gasteiger partial charge >= 0.3 is 0 Å².